The third-order valence-electron chi connectivity index (χ3n) is 9.41. The summed E-state index contributed by atoms with van der Waals surface area (Å²) >= 11 is 0. The lowest BCUT2D eigenvalue weighted by Gasteiger charge is -2.18. The Hall–Kier alpha value is -6.88. The summed E-state index contributed by atoms with van der Waals surface area (Å²) in [5.41, 5.74) is 11.7. The Balaban J connectivity index is 1.29. The van der Waals surface area contributed by atoms with Crippen molar-refractivity contribution in [2.75, 3.05) is 0 Å². The lowest BCUT2D eigenvalue weighted by Crippen LogP contribution is -2.00. The number of benzene rings is 7. The molecule has 0 unspecified atom stereocenters. The van der Waals surface area contributed by atoms with Crippen LogP contribution in [0.3, 0.4) is 0 Å². The molecular weight excluding hydrogens is 585 g/mol. The Bertz CT molecular complexity index is 2760. The molecule has 0 radical (unpaired) electrons. The zero-order valence-corrected chi connectivity index (χ0v) is 25.8. The minimum Gasteiger partial charge on any atom is -0.309 e. The first-order chi connectivity index (χ1) is 23.7. The summed E-state index contributed by atoms with van der Waals surface area (Å²) in [6.45, 7) is 0. The summed E-state index contributed by atoms with van der Waals surface area (Å²) in [5, 5.41) is 24.5. The normalized spacial score (nSPS) is 11.3. The number of rotatable bonds is 4. The standard InChI is InChI=1S/C44H26N4/c45-27-29-21-24-43-38(25-29)37-16-6-10-20-42(37)47(43)39-17-7-3-13-34(39)33-12-2-1-11-32(33)30-22-23-31(28-46)44(26-30)48-40-18-8-4-14-35(40)36-15-5-9-19-41(36)48/h1-26H. The number of para-hydroxylation sites is 4. The molecular formula is C44H26N4. The van der Waals surface area contributed by atoms with Crippen LogP contribution in [0.5, 0.6) is 0 Å². The molecule has 0 aliphatic heterocycles. The first-order valence-corrected chi connectivity index (χ1v) is 15.9. The number of fused-ring (bicyclic) bond motifs is 6. The highest BCUT2D eigenvalue weighted by Crippen LogP contribution is 2.41. The fourth-order valence-electron chi connectivity index (χ4n) is 7.33. The van der Waals surface area contributed by atoms with Crippen LogP contribution in [0.25, 0.3) is 77.2 Å². The number of aromatic nitrogens is 2. The molecule has 0 N–H and O–H groups in total. The van der Waals surface area contributed by atoms with E-state index in [4.69, 9.17) is 0 Å². The van der Waals surface area contributed by atoms with Crippen LogP contribution in [-0.2, 0) is 0 Å². The Labute approximate surface area is 277 Å². The van der Waals surface area contributed by atoms with Gasteiger partial charge in [0.25, 0.3) is 0 Å². The van der Waals surface area contributed by atoms with Crippen LogP contribution in [0.1, 0.15) is 11.1 Å². The van der Waals surface area contributed by atoms with Gasteiger partial charge in [-0.2, -0.15) is 10.5 Å². The second-order valence-electron chi connectivity index (χ2n) is 12.0. The predicted molar refractivity (Wildman–Crippen MR) is 195 cm³/mol. The van der Waals surface area contributed by atoms with Gasteiger partial charge in [0.15, 0.2) is 0 Å². The molecule has 0 atom stereocenters. The van der Waals surface area contributed by atoms with E-state index in [-0.39, 0.29) is 0 Å². The fraction of sp³-hybridized carbons (Fsp3) is 0. The third kappa shape index (κ3) is 4.07. The molecule has 0 aliphatic carbocycles. The number of hydrogen-bond donors (Lipinski definition) is 0. The molecule has 4 nitrogen and oxygen atoms in total. The largest absolute Gasteiger partial charge is 0.309 e. The molecule has 9 rings (SSSR count). The van der Waals surface area contributed by atoms with E-state index in [1.54, 1.807) is 0 Å². The topological polar surface area (TPSA) is 57.4 Å². The molecule has 0 bridgehead atoms. The minimum absolute atomic E-state index is 0.616. The van der Waals surface area contributed by atoms with Gasteiger partial charge in [-0.3, -0.25) is 0 Å². The van der Waals surface area contributed by atoms with E-state index in [1.165, 1.54) is 0 Å². The molecule has 222 valence electrons. The van der Waals surface area contributed by atoms with E-state index in [0.29, 0.717) is 11.1 Å². The second kappa shape index (κ2) is 10.9. The highest BCUT2D eigenvalue weighted by Gasteiger charge is 2.19. The summed E-state index contributed by atoms with van der Waals surface area (Å²) in [6, 6.07) is 59.0. The Kier molecular flexibility index (Phi) is 6.22. The maximum atomic E-state index is 10.3. The van der Waals surface area contributed by atoms with Crippen LogP contribution in [0, 0.1) is 22.7 Å². The summed E-state index contributed by atoms with van der Waals surface area (Å²) < 4.78 is 4.52. The molecule has 0 spiro atoms. The molecule has 0 amide bonds. The average Bonchev–Trinajstić information content (AvgIpc) is 3.67. The van der Waals surface area contributed by atoms with E-state index in [0.717, 1.165) is 77.2 Å². The summed E-state index contributed by atoms with van der Waals surface area (Å²) in [6.07, 6.45) is 0. The Morgan fingerprint density at radius 1 is 0.375 bits per heavy atom. The van der Waals surface area contributed by atoms with Crippen molar-refractivity contribution < 1.29 is 0 Å². The SMILES string of the molecule is N#Cc1ccc2c(c1)c1ccccc1n2-c1ccccc1-c1ccccc1-c1ccc(C#N)c(-n2c3ccccc3c3ccccc32)c1. The van der Waals surface area contributed by atoms with Crippen molar-refractivity contribution in [1.82, 2.24) is 9.13 Å². The van der Waals surface area contributed by atoms with Gasteiger partial charge in [0.05, 0.1) is 50.6 Å². The quantitative estimate of drug-likeness (QED) is 0.199. The average molecular weight is 611 g/mol. The van der Waals surface area contributed by atoms with Crippen molar-refractivity contribution in [2.45, 2.75) is 0 Å². The van der Waals surface area contributed by atoms with Gasteiger partial charge in [-0.05, 0) is 71.3 Å². The summed E-state index contributed by atoms with van der Waals surface area (Å²) in [7, 11) is 0. The van der Waals surface area contributed by atoms with Gasteiger partial charge < -0.3 is 9.13 Å². The van der Waals surface area contributed by atoms with Crippen molar-refractivity contribution >= 4 is 43.6 Å². The Morgan fingerprint density at radius 2 is 0.896 bits per heavy atom. The molecule has 4 heteroatoms. The van der Waals surface area contributed by atoms with E-state index in [1.807, 2.05) is 24.3 Å². The fourth-order valence-corrected chi connectivity index (χ4v) is 7.33. The highest BCUT2D eigenvalue weighted by atomic mass is 15.0. The molecule has 9 aromatic rings. The summed E-state index contributed by atoms with van der Waals surface area (Å²) in [5.74, 6) is 0. The zero-order chi connectivity index (χ0) is 32.2. The van der Waals surface area contributed by atoms with Crippen LogP contribution in [0.15, 0.2) is 158 Å². The molecule has 48 heavy (non-hydrogen) atoms. The van der Waals surface area contributed by atoms with E-state index < -0.39 is 0 Å². The van der Waals surface area contributed by atoms with E-state index in [9.17, 15) is 10.5 Å². The van der Waals surface area contributed by atoms with Crippen LogP contribution in [-0.4, -0.2) is 9.13 Å². The molecule has 2 heterocycles. The van der Waals surface area contributed by atoms with E-state index in [2.05, 4.69) is 155 Å². The van der Waals surface area contributed by atoms with Crippen molar-refractivity contribution in [3.8, 4) is 45.8 Å². The molecule has 7 aromatic carbocycles. The van der Waals surface area contributed by atoms with Crippen molar-refractivity contribution in [1.29, 1.82) is 10.5 Å². The molecule has 0 saturated heterocycles. The smallest absolute Gasteiger partial charge is 0.101 e. The molecule has 2 aromatic heterocycles. The first kappa shape index (κ1) is 27.4. The monoisotopic (exact) mass is 610 g/mol. The Morgan fingerprint density at radius 3 is 1.54 bits per heavy atom. The molecule has 0 saturated carbocycles. The number of nitrogens with zero attached hydrogens (tertiary/aromatic N) is 4. The molecule has 0 fully saturated rings. The number of nitriles is 2. The van der Waals surface area contributed by atoms with Crippen molar-refractivity contribution in [3.05, 3.63) is 169 Å². The van der Waals surface area contributed by atoms with Crippen LogP contribution >= 0.6 is 0 Å². The van der Waals surface area contributed by atoms with Gasteiger partial charge in [0, 0.05) is 27.1 Å². The zero-order valence-electron chi connectivity index (χ0n) is 25.8. The number of hydrogen-bond acceptors (Lipinski definition) is 2. The van der Waals surface area contributed by atoms with Gasteiger partial charge in [0.2, 0.25) is 0 Å². The first-order valence-electron chi connectivity index (χ1n) is 15.9. The second-order valence-corrected chi connectivity index (χ2v) is 12.0. The van der Waals surface area contributed by atoms with Crippen molar-refractivity contribution in [2.24, 2.45) is 0 Å². The van der Waals surface area contributed by atoms with E-state index >= 15 is 0 Å². The minimum atomic E-state index is 0.616. The van der Waals surface area contributed by atoms with Crippen LogP contribution in [0.2, 0.25) is 0 Å². The van der Waals surface area contributed by atoms with Crippen LogP contribution < -0.4 is 0 Å². The van der Waals surface area contributed by atoms with Crippen LogP contribution in [0.4, 0.5) is 0 Å². The lowest BCUT2D eigenvalue weighted by atomic mass is 9.92. The van der Waals surface area contributed by atoms with Gasteiger partial charge in [0.1, 0.15) is 6.07 Å². The van der Waals surface area contributed by atoms with Gasteiger partial charge >= 0.3 is 0 Å². The molecule has 0 aliphatic rings. The maximum absolute atomic E-state index is 10.3. The maximum Gasteiger partial charge on any atom is 0.101 e. The highest BCUT2D eigenvalue weighted by molar-refractivity contribution is 6.11. The third-order valence-corrected chi connectivity index (χ3v) is 9.41. The van der Waals surface area contributed by atoms with Crippen molar-refractivity contribution in [3.63, 3.8) is 0 Å². The van der Waals surface area contributed by atoms with Gasteiger partial charge in [-0.15, -0.1) is 0 Å². The van der Waals surface area contributed by atoms with Gasteiger partial charge in [-0.25, -0.2) is 0 Å². The predicted octanol–water partition coefficient (Wildman–Crippen LogP) is 11.0. The summed E-state index contributed by atoms with van der Waals surface area (Å²) in [4.78, 5) is 0. The van der Waals surface area contributed by atoms with Gasteiger partial charge in [-0.1, -0.05) is 103 Å². The lowest BCUT2D eigenvalue weighted by molar-refractivity contribution is 1.17.